The van der Waals surface area contributed by atoms with E-state index >= 15 is 0 Å². The molecule has 7 heteroatoms. The van der Waals surface area contributed by atoms with Gasteiger partial charge in [-0.1, -0.05) is 23.2 Å². The quantitative estimate of drug-likeness (QED) is 0.855. The zero-order valence-electron chi connectivity index (χ0n) is 11.6. The molecule has 1 aromatic carbocycles. The largest absolute Gasteiger partial charge is 0.379 e. The highest BCUT2D eigenvalue weighted by Gasteiger charge is 2.10. The van der Waals surface area contributed by atoms with Crippen LogP contribution in [0, 0.1) is 0 Å². The van der Waals surface area contributed by atoms with Crippen molar-refractivity contribution in [3.05, 3.63) is 44.3 Å². The van der Waals surface area contributed by atoms with Gasteiger partial charge >= 0.3 is 0 Å². The fourth-order valence-corrected chi connectivity index (χ4v) is 2.80. The van der Waals surface area contributed by atoms with Gasteiger partial charge in [-0.3, -0.25) is 4.79 Å². The molecule has 0 fully saturated rings. The first-order chi connectivity index (χ1) is 9.95. The number of carbonyl (C=O) groups is 1. The second-order valence-electron chi connectivity index (χ2n) is 4.76. The molecule has 0 saturated carbocycles. The molecule has 0 aliphatic heterocycles. The number of nitrogens with zero attached hydrogens (tertiary/aromatic N) is 1. The van der Waals surface area contributed by atoms with E-state index in [4.69, 9.17) is 23.2 Å². The van der Waals surface area contributed by atoms with Crippen LogP contribution in [0.1, 0.15) is 29.1 Å². The van der Waals surface area contributed by atoms with Crippen LogP contribution in [0.4, 0.5) is 5.69 Å². The Kier molecular flexibility index (Phi) is 5.45. The van der Waals surface area contributed by atoms with Crippen molar-refractivity contribution in [2.75, 3.05) is 5.32 Å². The molecule has 0 atom stereocenters. The third-order valence-electron chi connectivity index (χ3n) is 2.63. The Labute approximate surface area is 137 Å². The maximum atomic E-state index is 12.0. The average Bonchev–Trinajstić information content (AvgIpc) is 2.82. The SMILES string of the molecule is CC(C)NC(=O)c1ccc(Cl)c(NCc2cnc(Cl)s2)c1. The predicted octanol–water partition coefficient (Wildman–Crippen LogP) is 4.20. The lowest BCUT2D eigenvalue weighted by atomic mass is 10.1. The Hall–Kier alpha value is -1.30. The highest BCUT2D eigenvalue weighted by molar-refractivity contribution is 7.15. The minimum atomic E-state index is -0.120. The molecule has 0 bridgehead atoms. The number of anilines is 1. The van der Waals surface area contributed by atoms with E-state index in [9.17, 15) is 4.79 Å². The average molecular weight is 344 g/mol. The van der Waals surface area contributed by atoms with Crippen molar-refractivity contribution in [3.63, 3.8) is 0 Å². The molecule has 4 nitrogen and oxygen atoms in total. The second kappa shape index (κ2) is 7.11. The van der Waals surface area contributed by atoms with Gasteiger partial charge in [-0.15, -0.1) is 11.3 Å². The monoisotopic (exact) mass is 343 g/mol. The Balaban J connectivity index is 2.09. The summed E-state index contributed by atoms with van der Waals surface area (Å²) >= 11 is 13.3. The topological polar surface area (TPSA) is 54.0 Å². The molecule has 112 valence electrons. The van der Waals surface area contributed by atoms with Gasteiger partial charge in [-0.05, 0) is 32.0 Å². The fraction of sp³-hybridized carbons (Fsp3) is 0.286. The molecule has 0 spiro atoms. The van der Waals surface area contributed by atoms with Crippen molar-refractivity contribution < 1.29 is 4.79 Å². The molecule has 0 radical (unpaired) electrons. The van der Waals surface area contributed by atoms with Crippen LogP contribution < -0.4 is 10.6 Å². The zero-order chi connectivity index (χ0) is 15.4. The zero-order valence-corrected chi connectivity index (χ0v) is 13.9. The molecule has 1 aromatic heterocycles. The van der Waals surface area contributed by atoms with Gasteiger partial charge in [0.1, 0.15) is 0 Å². The number of amides is 1. The first-order valence-corrected chi connectivity index (χ1v) is 7.97. The summed E-state index contributed by atoms with van der Waals surface area (Å²) in [6.07, 6.45) is 1.71. The number of hydrogen-bond acceptors (Lipinski definition) is 4. The van der Waals surface area contributed by atoms with Crippen LogP contribution in [0.5, 0.6) is 0 Å². The summed E-state index contributed by atoms with van der Waals surface area (Å²) < 4.78 is 0.503. The molecular formula is C14H15Cl2N3OS. The first kappa shape index (κ1) is 16.1. The smallest absolute Gasteiger partial charge is 0.251 e. The molecular weight excluding hydrogens is 329 g/mol. The highest BCUT2D eigenvalue weighted by atomic mass is 35.5. The maximum absolute atomic E-state index is 12.0. The van der Waals surface area contributed by atoms with Crippen LogP contribution in [-0.2, 0) is 6.54 Å². The molecule has 0 unspecified atom stereocenters. The number of rotatable bonds is 5. The van der Waals surface area contributed by atoms with E-state index in [1.807, 2.05) is 13.8 Å². The van der Waals surface area contributed by atoms with E-state index in [2.05, 4.69) is 15.6 Å². The van der Waals surface area contributed by atoms with Crippen LogP contribution in [-0.4, -0.2) is 16.9 Å². The second-order valence-corrected chi connectivity index (χ2v) is 6.86. The van der Waals surface area contributed by atoms with Gasteiger partial charge in [0.05, 0.1) is 17.3 Å². The molecule has 0 saturated heterocycles. The van der Waals surface area contributed by atoms with Crippen molar-refractivity contribution in [2.45, 2.75) is 26.4 Å². The van der Waals surface area contributed by atoms with E-state index < -0.39 is 0 Å². The summed E-state index contributed by atoms with van der Waals surface area (Å²) in [6, 6.07) is 5.24. The van der Waals surface area contributed by atoms with Gasteiger partial charge in [-0.25, -0.2) is 4.98 Å². The van der Waals surface area contributed by atoms with Gasteiger partial charge in [0.15, 0.2) is 4.47 Å². The molecule has 2 aromatic rings. The standard InChI is InChI=1S/C14H15Cl2N3OS/c1-8(2)19-13(20)9-3-4-11(15)12(5-9)17-6-10-7-18-14(16)21-10/h3-5,7-8,17H,6H2,1-2H3,(H,19,20). The molecule has 2 rings (SSSR count). The number of hydrogen-bond donors (Lipinski definition) is 2. The molecule has 1 amide bonds. The van der Waals surface area contributed by atoms with Gasteiger partial charge in [0, 0.05) is 22.7 Å². The lowest BCUT2D eigenvalue weighted by molar-refractivity contribution is 0.0943. The van der Waals surface area contributed by atoms with E-state index in [1.165, 1.54) is 11.3 Å². The maximum Gasteiger partial charge on any atom is 0.251 e. The molecule has 0 aliphatic rings. The lowest BCUT2D eigenvalue weighted by Crippen LogP contribution is -2.30. The Morgan fingerprint density at radius 3 is 2.76 bits per heavy atom. The van der Waals surface area contributed by atoms with E-state index in [-0.39, 0.29) is 11.9 Å². The number of thiazole rings is 1. The van der Waals surface area contributed by atoms with Gasteiger partial charge < -0.3 is 10.6 Å². The summed E-state index contributed by atoms with van der Waals surface area (Å²) in [4.78, 5) is 17.0. The van der Waals surface area contributed by atoms with Gasteiger partial charge in [0.25, 0.3) is 5.91 Å². The molecule has 0 aliphatic carbocycles. The number of nitrogens with one attached hydrogen (secondary N) is 2. The lowest BCUT2D eigenvalue weighted by Gasteiger charge is -2.11. The van der Waals surface area contributed by atoms with Crippen LogP contribution in [0.3, 0.4) is 0 Å². The van der Waals surface area contributed by atoms with Crippen molar-refractivity contribution in [1.29, 1.82) is 0 Å². The van der Waals surface area contributed by atoms with E-state index in [0.717, 1.165) is 4.88 Å². The summed E-state index contributed by atoms with van der Waals surface area (Å²) in [5.74, 6) is -0.120. The van der Waals surface area contributed by atoms with Crippen LogP contribution in [0.15, 0.2) is 24.4 Å². The minimum absolute atomic E-state index is 0.0870. The highest BCUT2D eigenvalue weighted by Crippen LogP contribution is 2.25. The van der Waals surface area contributed by atoms with Crippen LogP contribution in [0.25, 0.3) is 0 Å². The van der Waals surface area contributed by atoms with E-state index in [1.54, 1.807) is 24.4 Å². The summed E-state index contributed by atoms with van der Waals surface area (Å²) in [6.45, 7) is 4.39. The normalized spacial score (nSPS) is 10.7. The third kappa shape index (κ3) is 4.59. The first-order valence-electron chi connectivity index (χ1n) is 6.40. The summed E-state index contributed by atoms with van der Waals surface area (Å²) in [7, 11) is 0. The van der Waals surface area contributed by atoms with Crippen molar-refractivity contribution in [1.82, 2.24) is 10.3 Å². The van der Waals surface area contributed by atoms with Crippen LogP contribution >= 0.6 is 34.5 Å². The third-order valence-corrected chi connectivity index (χ3v) is 4.07. The van der Waals surface area contributed by atoms with Crippen molar-refractivity contribution in [3.8, 4) is 0 Å². The molecule has 1 heterocycles. The number of benzene rings is 1. The Morgan fingerprint density at radius 1 is 1.38 bits per heavy atom. The number of halogens is 2. The van der Waals surface area contributed by atoms with Gasteiger partial charge in [-0.2, -0.15) is 0 Å². The summed E-state index contributed by atoms with van der Waals surface area (Å²) in [5.41, 5.74) is 1.27. The number of aromatic nitrogens is 1. The fourth-order valence-electron chi connectivity index (χ4n) is 1.70. The number of carbonyl (C=O) groups excluding carboxylic acids is 1. The molecule has 21 heavy (non-hydrogen) atoms. The Morgan fingerprint density at radius 2 is 2.14 bits per heavy atom. The predicted molar refractivity (Wildman–Crippen MR) is 88.5 cm³/mol. The Bertz CT molecular complexity index is 643. The van der Waals surface area contributed by atoms with Crippen LogP contribution in [0.2, 0.25) is 9.49 Å². The van der Waals surface area contributed by atoms with Gasteiger partial charge in [0.2, 0.25) is 0 Å². The molecule has 2 N–H and O–H groups in total. The van der Waals surface area contributed by atoms with E-state index in [0.29, 0.717) is 27.3 Å². The minimum Gasteiger partial charge on any atom is -0.379 e. The van der Waals surface area contributed by atoms with Crippen molar-refractivity contribution in [2.24, 2.45) is 0 Å². The summed E-state index contributed by atoms with van der Waals surface area (Å²) in [5, 5.41) is 6.60. The van der Waals surface area contributed by atoms with Crippen molar-refractivity contribution >= 4 is 46.1 Å².